The van der Waals surface area contributed by atoms with Crippen molar-refractivity contribution < 1.29 is 4.79 Å². The van der Waals surface area contributed by atoms with Gasteiger partial charge >= 0.3 is 11.7 Å². The van der Waals surface area contributed by atoms with Crippen LogP contribution in [-0.2, 0) is 0 Å². The van der Waals surface area contributed by atoms with Crippen LogP contribution in [0.3, 0.4) is 0 Å². The monoisotopic (exact) mass is 341 g/mol. The van der Waals surface area contributed by atoms with Crippen molar-refractivity contribution in [2.45, 2.75) is 52.5 Å². The van der Waals surface area contributed by atoms with E-state index in [1.165, 1.54) is 4.68 Å². The number of aromatic nitrogens is 4. The van der Waals surface area contributed by atoms with Gasteiger partial charge in [0.1, 0.15) is 0 Å². The van der Waals surface area contributed by atoms with Crippen LogP contribution in [0.4, 0.5) is 10.5 Å². The van der Waals surface area contributed by atoms with Gasteiger partial charge in [-0.25, -0.2) is 9.59 Å². The molecule has 0 unspecified atom stereocenters. The molecular weight excluding hydrogens is 318 g/mol. The van der Waals surface area contributed by atoms with Crippen molar-refractivity contribution in [2.24, 2.45) is 0 Å². The Labute approximate surface area is 146 Å². The molecule has 1 aromatic carbocycles. The average molecular weight is 341 g/mol. The largest absolute Gasteiger partial charge is 0.377 e. The van der Waals surface area contributed by atoms with E-state index in [0.717, 1.165) is 47.3 Å². The zero-order valence-corrected chi connectivity index (χ0v) is 14.8. The first kappa shape index (κ1) is 17.1. The number of amides is 1. The molecule has 25 heavy (non-hydrogen) atoms. The third-order valence-corrected chi connectivity index (χ3v) is 4.34. The zero-order chi connectivity index (χ0) is 18.0. The van der Waals surface area contributed by atoms with E-state index >= 15 is 0 Å². The smallest absolute Gasteiger partial charge is 0.290 e. The van der Waals surface area contributed by atoms with E-state index in [1.54, 1.807) is 4.90 Å². The van der Waals surface area contributed by atoms with E-state index in [9.17, 15) is 9.59 Å². The SMILES string of the molecule is Cc1ccc(N(C(=O)n2nnn(C3=CCCCC3)c2=O)C(C)C)cc1. The zero-order valence-electron chi connectivity index (χ0n) is 14.8. The number of carbonyl (C=O) groups is 1. The van der Waals surface area contributed by atoms with Crippen LogP contribution in [0.5, 0.6) is 0 Å². The van der Waals surface area contributed by atoms with E-state index in [2.05, 4.69) is 10.4 Å². The van der Waals surface area contributed by atoms with E-state index in [1.807, 2.05) is 51.1 Å². The molecule has 132 valence electrons. The van der Waals surface area contributed by atoms with Crippen molar-refractivity contribution in [3.8, 4) is 0 Å². The lowest BCUT2D eigenvalue weighted by Crippen LogP contribution is -2.44. The molecule has 0 saturated carbocycles. The molecule has 7 heteroatoms. The maximum absolute atomic E-state index is 12.9. The van der Waals surface area contributed by atoms with Crippen LogP contribution >= 0.6 is 0 Å². The molecule has 0 N–H and O–H groups in total. The van der Waals surface area contributed by atoms with Gasteiger partial charge in [0.2, 0.25) is 0 Å². The average Bonchev–Trinajstić information content (AvgIpc) is 2.99. The van der Waals surface area contributed by atoms with Gasteiger partial charge in [-0.05, 0) is 69.0 Å². The third kappa shape index (κ3) is 3.40. The van der Waals surface area contributed by atoms with Gasteiger partial charge < -0.3 is 0 Å². The van der Waals surface area contributed by atoms with E-state index in [4.69, 9.17) is 0 Å². The maximum atomic E-state index is 12.9. The molecule has 1 aliphatic carbocycles. The standard InChI is InChI=1S/C18H23N5O2/c1-13(2)21(15-11-9-14(3)10-12-15)17(24)23-18(25)22(19-20-23)16-7-5-4-6-8-16/h7,9-13H,4-6,8H2,1-3H3. The first-order valence-electron chi connectivity index (χ1n) is 8.63. The number of benzene rings is 1. The number of hydrogen-bond donors (Lipinski definition) is 0. The van der Waals surface area contributed by atoms with Gasteiger partial charge in [-0.1, -0.05) is 23.8 Å². The molecule has 1 heterocycles. The van der Waals surface area contributed by atoms with Gasteiger partial charge in [0.25, 0.3) is 0 Å². The highest BCUT2D eigenvalue weighted by Crippen LogP contribution is 2.20. The van der Waals surface area contributed by atoms with Crippen LogP contribution in [-0.4, -0.2) is 31.9 Å². The number of carbonyl (C=O) groups excluding carboxylic acids is 1. The number of nitrogens with zero attached hydrogens (tertiary/aromatic N) is 5. The van der Waals surface area contributed by atoms with E-state index in [-0.39, 0.29) is 6.04 Å². The Balaban J connectivity index is 1.96. The lowest BCUT2D eigenvalue weighted by molar-refractivity contribution is 0.242. The molecule has 0 fully saturated rings. The highest BCUT2D eigenvalue weighted by Gasteiger charge is 2.25. The summed E-state index contributed by atoms with van der Waals surface area (Å²) in [5.41, 5.74) is 2.13. The highest BCUT2D eigenvalue weighted by molar-refractivity contribution is 5.93. The fourth-order valence-corrected chi connectivity index (χ4v) is 3.00. The van der Waals surface area contributed by atoms with Crippen LogP contribution < -0.4 is 10.6 Å². The number of tetrazole rings is 1. The van der Waals surface area contributed by atoms with Crippen molar-refractivity contribution in [1.82, 2.24) is 19.8 Å². The lowest BCUT2D eigenvalue weighted by Gasteiger charge is -2.25. The fourth-order valence-electron chi connectivity index (χ4n) is 3.00. The summed E-state index contributed by atoms with van der Waals surface area (Å²) in [5, 5.41) is 7.73. The summed E-state index contributed by atoms with van der Waals surface area (Å²) >= 11 is 0. The number of anilines is 1. The molecule has 0 radical (unpaired) electrons. The second kappa shape index (κ2) is 7.04. The molecule has 2 aromatic rings. The molecule has 0 saturated heterocycles. The summed E-state index contributed by atoms with van der Waals surface area (Å²) in [5.74, 6) is 0. The van der Waals surface area contributed by atoms with Gasteiger partial charge in [-0.2, -0.15) is 4.68 Å². The fraction of sp³-hybridized carbons (Fsp3) is 0.444. The molecule has 0 spiro atoms. The molecule has 0 aliphatic heterocycles. The number of aryl methyl sites for hydroxylation is 1. The van der Waals surface area contributed by atoms with E-state index in [0.29, 0.717) is 0 Å². The van der Waals surface area contributed by atoms with E-state index < -0.39 is 11.7 Å². The minimum atomic E-state index is -0.518. The number of rotatable bonds is 3. The predicted molar refractivity (Wildman–Crippen MR) is 96.6 cm³/mol. The summed E-state index contributed by atoms with van der Waals surface area (Å²) < 4.78 is 2.08. The molecule has 0 atom stereocenters. The normalized spacial score (nSPS) is 14.5. The molecule has 1 amide bonds. The lowest BCUT2D eigenvalue weighted by atomic mass is 10.1. The number of hydrogen-bond acceptors (Lipinski definition) is 4. The van der Waals surface area contributed by atoms with Crippen molar-refractivity contribution in [3.63, 3.8) is 0 Å². The van der Waals surface area contributed by atoms with Gasteiger partial charge in [0.15, 0.2) is 0 Å². The van der Waals surface area contributed by atoms with Gasteiger partial charge in [-0.15, -0.1) is 4.68 Å². The molecule has 3 rings (SSSR count). The topological polar surface area (TPSA) is 73.0 Å². The Kier molecular flexibility index (Phi) is 4.83. The summed E-state index contributed by atoms with van der Waals surface area (Å²) in [7, 11) is 0. The Hall–Kier alpha value is -2.70. The second-order valence-electron chi connectivity index (χ2n) is 6.61. The van der Waals surface area contributed by atoms with Gasteiger partial charge in [0.05, 0.1) is 0 Å². The molecule has 1 aromatic heterocycles. The Morgan fingerprint density at radius 3 is 2.48 bits per heavy atom. The predicted octanol–water partition coefficient (Wildman–Crippen LogP) is 3.05. The van der Waals surface area contributed by atoms with Gasteiger partial charge in [-0.3, -0.25) is 4.90 Å². The quantitative estimate of drug-likeness (QED) is 0.804. The number of allylic oxidation sites excluding steroid dienone is 2. The summed E-state index contributed by atoms with van der Waals surface area (Å²) in [6.45, 7) is 5.78. The third-order valence-electron chi connectivity index (χ3n) is 4.34. The maximum Gasteiger partial charge on any atom is 0.377 e. The molecule has 1 aliphatic rings. The van der Waals surface area contributed by atoms with Gasteiger partial charge in [0, 0.05) is 17.4 Å². The van der Waals surface area contributed by atoms with Crippen molar-refractivity contribution in [3.05, 3.63) is 46.4 Å². The van der Waals surface area contributed by atoms with Crippen molar-refractivity contribution in [1.29, 1.82) is 0 Å². The highest BCUT2D eigenvalue weighted by atomic mass is 16.2. The van der Waals surface area contributed by atoms with Crippen LogP contribution in [0.25, 0.3) is 5.70 Å². The minimum Gasteiger partial charge on any atom is -0.290 e. The first-order valence-corrected chi connectivity index (χ1v) is 8.63. The summed E-state index contributed by atoms with van der Waals surface area (Å²) in [6.07, 6.45) is 5.82. The molecule has 7 nitrogen and oxygen atoms in total. The Morgan fingerprint density at radius 2 is 1.88 bits per heavy atom. The Bertz CT molecular complexity index is 845. The van der Waals surface area contributed by atoms with Crippen LogP contribution in [0, 0.1) is 6.92 Å². The summed E-state index contributed by atoms with van der Waals surface area (Å²) in [4.78, 5) is 27.1. The van der Waals surface area contributed by atoms with Crippen LogP contribution in [0.15, 0.2) is 35.1 Å². The second-order valence-corrected chi connectivity index (χ2v) is 6.61. The first-order chi connectivity index (χ1) is 12.0. The van der Waals surface area contributed by atoms with Crippen molar-refractivity contribution in [2.75, 3.05) is 4.90 Å². The molecule has 0 bridgehead atoms. The van der Waals surface area contributed by atoms with Crippen LogP contribution in [0.1, 0.15) is 45.1 Å². The Morgan fingerprint density at radius 1 is 1.16 bits per heavy atom. The minimum absolute atomic E-state index is 0.124. The van der Waals surface area contributed by atoms with Crippen LogP contribution in [0.2, 0.25) is 0 Å². The molecular formula is C18H23N5O2. The summed E-state index contributed by atoms with van der Waals surface area (Å²) in [6, 6.07) is 6.99. The van der Waals surface area contributed by atoms with Crippen molar-refractivity contribution >= 4 is 17.4 Å².